The van der Waals surface area contributed by atoms with E-state index in [2.05, 4.69) is 5.16 Å². The minimum atomic E-state index is -0.838. The Morgan fingerprint density at radius 2 is 1.52 bits per heavy atom. The van der Waals surface area contributed by atoms with Gasteiger partial charge in [-0.1, -0.05) is 53.5 Å². The van der Waals surface area contributed by atoms with Crippen LogP contribution >= 0.6 is 23.2 Å². The van der Waals surface area contributed by atoms with Gasteiger partial charge in [0.15, 0.2) is 0 Å². The Morgan fingerprint density at radius 3 is 2.08 bits per heavy atom. The maximum Gasteiger partial charge on any atom is 0.264 e. The highest BCUT2D eigenvalue weighted by atomic mass is 35.5. The molecule has 2 aromatic rings. The van der Waals surface area contributed by atoms with Crippen molar-refractivity contribution in [1.29, 1.82) is 0 Å². The van der Waals surface area contributed by atoms with Gasteiger partial charge in [0, 0.05) is 5.56 Å². The number of hydrogen-bond acceptors (Lipinski definition) is 4. The Hall–Kier alpha value is -2.37. The number of hydrogen-bond donors (Lipinski definition) is 0. The van der Waals surface area contributed by atoms with Gasteiger partial charge in [-0.15, -0.1) is 0 Å². The molecule has 0 unspecified atom stereocenters. The van der Waals surface area contributed by atoms with E-state index in [1.807, 2.05) is 6.92 Å². The highest BCUT2D eigenvalue weighted by molar-refractivity contribution is 6.40. The number of rotatable bonds is 2. The van der Waals surface area contributed by atoms with Gasteiger partial charge >= 0.3 is 0 Å². The number of nitrogens with zero attached hydrogens (tertiary/aromatic N) is 2. The lowest BCUT2D eigenvalue weighted by Gasteiger charge is -2.23. The van der Waals surface area contributed by atoms with Crippen molar-refractivity contribution >= 4 is 40.7 Å². The summed E-state index contributed by atoms with van der Waals surface area (Å²) in [4.78, 5) is 31.8. The van der Waals surface area contributed by atoms with Crippen LogP contribution in [0, 0.1) is 5.92 Å². The number of oxime groups is 1. The van der Waals surface area contributed by atoms with Crippen molar-refractivity contribution in [2.75, 3.05) is 0 Å². The minimum Gasteiger partial charge on any atom is -0.369 e. The molecule has 2 heterocycles. The maximum atomic E-state index is 12.6. The Balaban J connectivity index is 1.68. The minimum absolute atomic E-state index is 0.368. The average Bonchev–Trinajstić information content (AvgIpc) is 3.07. The second-order valence-electron chi connectivity index (χ2n) is 5.88. The Kier molecular flexibility index (Phi) is 3.78. The summed E-state index contributed by atoms with van der Waals surface area (Å²) < 4.78 is 0. The van der Waals surface area contributed by atoms with Crippen LogP contribution in [0.2, 0.25) is 10.0 Å². The van der Waals surface area contributed by atoms with Crippen molar-refractivity contribution in [2.24, 2.45) is 11.1 Å². The molecule has 0 aromatic heterocycles. The average molecular weight is 375 g/mol. The van der Waals surface area contributed by atoms with Gasteiger partial charge in [-0.2, -0.15) is 0 Å². The molecule has 25 heavy (non-hydrogen) atoms. The smallest absolute Gasteiger partial charge is 0.264 e. The molecule has 0 saturated heterocycles. The highest BCUT2D eigenvalue weighted by Gasteiger charge is 2.47. The third kappa shape index (κ3) is 2.34. The Morgan fingerprint density at radius 1 is 0.960 bits per heavy atom. The zero-order chi connectivity index (χ0) is 17.7. The largest absolute Gasteiger partial charge is 0.369 e. The van der Waals surface area contributed by atoms with Crippen LogP contribution in [0.3, 0.4) is 0 Å². The topological polar surface area (TPSA) is 59.0 Å². The number of amides is 2. The van der Waals surface area contributed by atoms with Crippen molar-refractivity contribution in [3.8, 4) is 0 Å². The Bertz CT molecular complexity index is 886. The molecule has 2 aromatic carbocycles. The standard InChI is InChI=1S/C18H12Cl2N2O3/c1-9-15(14-12(19)7-4-8-13(14)20)21-25-18(9)22-16(23)10-5-2-3-6-11(10)17(22)24/h2-9,18H,1H3/t9-,18+/m1/s1. The molecule has 126 valence electrons. The quantitative estimate of drug-likeness (QED) is 0.746. The highest BCUT2D eigenvalue weighted by Crippen LogP contribution is 2.35. The molecule has 0 aliphatic carbocycles. The summed E-state index contributed by atoms with van der Waals surface area (Å²) in [7, 11) is 0. The van der Waals surface area contributed by atoms with Crippen molar-refractivity contribution in [3.05, 3.63) is 69.2 Å². The molecule has 0 bridgehead atoms. The molecule has 4 rings (SSSR count). The van der Waals surface area contributed by atoms with Crippen LogP contribution in [-0.4, -0.2) is 28.7 Å². The van der Waals surface area contributed by atoms with Gasteiger partial charge in [0.25, 0.3) is 11.8 Å². The number of imide groups is 1. The van der Waals surface area contributed by atoms with Crippen LogP contribution in [0.15, 0.2) is 47.6 Å². The second kappa shape index (κ2) is 5.86. The van der Waals surface area contributed by atoms with Gasteiger partial charge in [-0.25, -0.2) is 4.90 Å². The first-order valence-electron chi connectivity index (χ1n) is 7.65. The normalized spacial score (nSPS) is 22.0. The fourth-order valence-electron chi connectivity index (χ4n) is 3.15. The van der Waals surface area contributed by atoms with Crippen LogP contribution in [0.5, 0.6) is 0 Å². The molecule has 5 nitrogen and oxygen atoms in total. The van der Waals surface area contributed by atoms with Gasteiger partial charge in [0.1, 0.15) is 0 Å². The lowest BCUT2D eigenvalue weighted by Crippen LogP contribution is -2.44. The van der Waals surface area contributed by atoms with Crippen LogP contribution in [-0.2, 0) is 4.84 Å². The molecule has 2 amide bonds. The van der Waals surface area contributed by atoms with Crippen LogP contribution in [0.1, 0.15) is 33.2 Å². The number of halogens is 2. The van der Waals surface area contributed by atoms with E-state index in [0.717, 1.165) is 4.90 Å². The van der Waals surface area contributed by atoms with Crippen molar-refractivity contribution in [1.82, 2.24) is 4.90 Å². The zero-order valence-electron chi connectivity index (χ0n) is 13.1. The predicted molar refractivity (Wildman–Crippen MR) is 94.0 cm³/mol. The molecule has 0 fully saturated rings. The van der Waals surface area contributed by atoms with Crippen molar-refractivity contribution in [2.45, 2.75) is 13.2 Å². The number of carbonyl (C=O) groups excluding carboxylic acids is 2. The van der Waals surface area contributed by atoms with E-state index in [4.69, 9.17) is 28.0 Å². The molecule has 0 spiro atoms. The first-order chi connectivity index (χ1) is 12.0. The van der Waals surface area contributed by atoms with E-state index < -0.39 is 6.23 Å². The molecule has 2 aliphatic rings. The number of fused-ring (bicyclic) bond motifs is 1. The maximum absolute atomic E-state index is 12.6. The molecule has 2 atom stereocenters. The van der Waals surface area contributed by atoms with E-state index in [9.17, 15) is 9.59 Å². The summed E-state index contributed by atoms with van der Waals surface area (Å²) in [6.07, 6.45) is -0.838. The zero-order valence-corrected chi connectivity index (χ0v) is 14.6. The monoisotopic (exact) mass is 374 g/mol. The van der Waals surface area contributed by atoms with E-state index in [1.165, 1.54) is 0 Å². The van der Waals surface area contributed by atoms with E-state index in [-0.39, 0.29) is 17.7 Å². The summed E-state index contributed by atoms with van der Waals surface area (Å²) in [6, 6.07) is 11.8. The number of benzene rings is 2. The van der Waals surface area contributed by atoms with Crippen LogP contribution in [0.25, 0.3) is 0 Å². The molecule has 2 aliphatic heterocycles. The fourth-order valence-corrected chi connectivity index (χ4v) is 3.74. The summed E-state index contributed by atoms with van der Waals surface area (Å²) in [5, 5.41) is 4.94. The van der Waals surface area contributed by atoms with Crippen LogP contribution in [0.4, 0.5) is 0 Å². The molecular formula is C18H12Cl2N2O3. The molecule has 0 radical (unpaired) electrons. The van der Waals surface area contributed by atoms with E-state index in [0.29, 0.717) is 32.4 Å². The van der Waals surface area contributed by atoms with Gasteiger partial charge in [0.05, 0.1) is 32.8 Å². The molecule has 0 saturated carbocycles. The summed E-state index contributed by atoms with van der Waals surface area (Å²) in [6.45, 7) is 1.82. The predicted octanol–water partition coefficient (Wildman–Crippen LogP) is 3.99. The Labute approximate surface area is 153 Å². The molecule has 7 heteroatoms. The molecular weight excluding hydrogens is 363 g/mol. The van der Waals surface area contributed by atoms with Gasteiger partial charge in [0.2, 0.25) is 6.23 Å². The van der Waals surface area contributed by atoms with E-state index >= 15 is 0 Å². The second-order valence-corrected chi connectivity index (χ2v) is 6.70. The lowest BCUT2D eigenvalue weighted by atomic mass is 9.96. The van der Waals surface area contributed by atoms with Gasteiger partial charge in [-0.05, 0) is 24.3 Å². The summed E-state index contributed by atoms with van der Waals surface area (Å²) in [5.74, 6) is -1.15. The summed E-state index contributed by atoms with van der Waals surface area (Å²) in [5.41, 5.74) is 1.80. The lowest BCUT2D eigenvalue weighted by molar-refractivity contribution is -0.0287. The first kappa shape index (κ1) is 16.1. The van der Waals surface area contributed by atoms with Crippen LogP contribution < -0.4 is 0 Å². The third-order valence-electron chi connectivity index (χ3n) is 4.42. The SMILES string of the molecule is C[C@@H]1C(c2c(Cl)cccc2Cl)=NO[C@@H]1N1C(=O)c2ccccc2C1=O. The molecule has 0 N–H and O–H groups in total. The fraction of sp³-hybridized carbons (Fsp3) is 0.167. The number of carbonyl (C=O) groups is 2. The first-order valence-corrected chi connectivity index (χ1v) is 8.41. The van der Waals surface area contributed by atoms with Crippen molar-refractivity contribution < 1.29 is 14.4 Å². The van der Waals surface area contributed by atoms with Gasteiger partial charge in [-0.3, -0.25) is 9.59 Å². The van der Waals surface area contributed by atoms with Gasteiger partial charge < -0.3 is 4.84 Å². The van der Waals surface area contributed by atoms with E-state index in [1.54, 1.807) is 42.5 Å². The summed E-state index contributed by atoms with van der Waals surface area (Å²) >= 11 is 12.5. The van der Waals surface area contributed by atoms with Crippen molar-refractivity contribution in [3.63, 3.8) is 0 Å². The third-order valence-corrected chi connectivity index (χ3v) is 5.05.